The Hall–Kier alpha value is 1.05. The molecule has 0 saturated carbocycles. The van der Waals surface area contributed by atoms with Crippen LogP contribution in [0.2, 0.25) is 0 Å². The molecule has 0 bridgehead atoms. The van der Waals surface area contributed by atoms with Crippen LogP contribution in [-0.2, 0) is 0 Å². The van der Waals surface area contributed by atoms with Gasteiger partial charge in [-0.1, -0.05) is 47.0 Å². The minimum absolute atomic E-state index is 0.430. The van der Waals surface area contributed by atoms with Crippen LogP contribution in [0, 0.1) is 0 Å². The Balaban J connectivity index is 3.44. The topological polar surface area (TPSA) is 52.0 Å². The summed E-state index contributed by atoms with van der Waals surface area (Å²) in [6.45, 7) is 0. The van der Waals surface area contributed by atoms with Crippen LogP contribution in [0.1, 0.15) is 0 Å². The fourth-order valence-corrected chi connectivity index (χ4v) is 5.83. The first-order chi connectivity index (χ1) is 5.02. The Morgan fingerprint density at radius 3 is 2.18 bits per heavy atom. The van der Waals surface area contributed by atoms with Crippen LogP contribution < -0.4 is 11.5 Å². The molecule has 0 spiro atoms. The average Bonchev–Trinajstić information content (AvgIpc) is 1.82. The van der Waals surface area contributed by atoms with Crippen molar-refractivity contribution in [3.63, 3.8) is 0 Å². The molecule has 11 heavy (non-hydrogen) atoms. The Kier molecular flexibility index (Phi) is 7.17. The summed E-state index contributed by atoms with van der Waals surface area (Å²) in [6.07, 6.45) is 0. The van der Waals surface area contributed by atoms with E-state index >= 15 is 0 Å². The van der Waals surface area contributed by atoms with Gasteiger partial charge in [-0.3, -0.25) is 0 Å². The summed E-state index contributed by atoms with van der Waals surface area (Å²) in [7, 11) is 4.04. The van der Waals surface area contributed by atoms with Crippen LogP contribution in [0.15, 0.2) is 0 Å². The van der Waals surface area contributed by atoms with Crippen LogP contribution in [0.3, 0.4) is 0 Å². The van der Waals surface area contributed by atoms with E-state index in [1.54, 1.807) is 10.8 Å². The fourth-order valence-electron chi connectivity index (χ4n) is 0.298. The minimum Gasteiger partial charge on any atom is -0.385 e. The highest BCUT2D eigenvalue weighted by Crippen LogP contribution is 2.31. The molecule has 0 aromatic carbocycles. The normalized spacial score (nSPS) is 12.7. The Morgan fingerprint density at radius 2 is 1.82 bits per heavy atom. The molecular formula is C3H8N2S5Si. The molecule has 64 valence electrons. The molecule has 0 fully saturated rings. The third kappa shape index (κ3) is 8.96. The van der Waals surface area contributed by atoms with Crippen LogP contribution in [-0.4, -0.2) is 23.1 Å². The van der Waals surface area contributed by atoms with Gasteiger partial charge in [0.15, 0.2) is 0 Å². The summed E-state index contributed by atoms with van der Waals surface area (Å²) in [5.41, 5.74) is 10.6. The van der Waals surface area contributed by atoms with Crippen molar-refractivity contribution in [1.29, 1.82) is 0 Å². The second-order valence-corrected chi connectivity index (χ2v) is 9.99. The number of hydrogen-bond donors (Lipinski definition) is 2. The molecule has 1 unspecified atom stereocenters. The van der Waals surface area contributed by atoms with E-state index in [0.29, 0.717) is 12.8 Å². The molecule has 0 heterocycles. The predicted molar refractivity (Wildman–Crippen MR) is 70.1 cm³/mol. The van der Waals surface area contributed by atoms with Gasteiger partial charge in [0, 0.05) is 14.4 Å². The van der Waals surface area contributed by atoms with Crippen molar-refractivity contribution < 1.29 is 0 Å². The number of hydrogen-bond acceptors (Lipinski definition) is 5. The Morgan fingerprint density at radius 1 is 1.27 bits per heavy atom. The van der Waals surface area contributed by atoms with Crippen LogP contribution in [0.25, 0.3) is 0 Å². The van der Waals surface area contributed by atoms with E-state index in [4.69, 9.17) is 23.7 Å². The van der Waals surface area contributed by atoms with E-state index in [-0.39, 0.29) is 0 Å². The van der Waals surface area contributed by atoms with Gasteiger partial charge in [0.25, 0.3) is 0 Å². The van der Waals surface area contributed by atoms with Gasteiger partial charge < -0.3 is 11.5 Å². The SMILES string of the molecule is NC(=S)SSC([SiH3])SC(N)=S. The van der Waals surface area contributed by atoms with Gasteiger partial charge in [0.05, 0.1) is 0 Å². The van der Waals surface area contributed by atoms with Gasteiger partial charge in [0.1, 0.15) is 8.64 Å². The van der Waals surface area contributed by atoms with E-state index in [1.807, 2.05) is 0 Å². The quantitative estimate of drug-likeness (QED) is 0.326. The van der Waals surface area contributed by atoms with E-state index in [9.17, 15) is 0 Å². The van der Waals surface area contributed by atoms with E-state index in [2.05, 4.69) is 12.2 Å². The first kappa shape index (κ1) is 12.0. The first-order valence-corrected chi connectivity index (χ1v) is 7.67. The predicted octanol–water partition coefficient (Wildman–Crippen LogP) is 0.237. The Bertz CT molecular complexity index is 162. The first-order valence-electron chi connectivity index (χ1n) is 2.61. The highest BCUT2D eigenvalue weighted by atomic mass is 33.1. The second kappa shape index (κ2) is 6.55. The lowest BCUT2D eigenvalue weighted by Gasteiger charge is -2.06. The molecule has 0 saturated heterocycles. The molecule has 2 nitrogen and oxygen atoms in total. The maximum atomic E-state index is 5.33. The minimum atomic E-state index is 0.430. The molecule has 1 atom stereocenters. The molecular weight excluding hydrogens is 252 g/mol. The molecule has 4 N–H and O–H groups in total. The van der Waals surface area contributed by atoms with Crippen molar-refractivity contribution >= 4 is 76.7 Å². The van der Waals surface area contributed by atoms with Crippen LogP contribution in [0.4, 0.5) is 0 Å². The van der Waals surface area contributed by atoms with E-state index < -0.39 is 0 Å². The lowest BCUT2D eigenvalue weighted by molar-refractivity contribution is 1.89. The van der Waals surface area contributed by atoms with Crippen molar-refractivity contribution in [2.45, 2.75) is 4.21 Å². The lowest BCUT2D eigenvalue weighted by Crippen LogP contribution is -2.08. The van der Waals surface area contributed by atoms with Gasteiger partial charge in [-0.25, -0.2) is 0 Å². The van der Waals surface area contributed by atoms with Crippen molar-refractivity contribution in [3.05, 3.63) is 0 Å². The van der Waals surface area contributed by atoms with E-state index in [1.165, 1.54) is 22.6 Å². The highest BCUT2D eigenvalue weighted by Gasteiger charge is 2.05. The third-order valence-electron chi connectivity index (χ3n) is 0.548. The second-order valence-electron chi connectivity index (χ2n) is 1.50. The van der Waals surface area contributed by atoms with Crippen molar-refractivity contribution in [1.82, 2.24) is 0 Å². The van der Waals surface area contributed by atoms with Crippen LogP contribution >= 0.6 is 57.8 Å². The molecule has 0 aliphatic carbocycles. The molecule has 0 aliphatic rings. The van der Waals surface area contributed by atoms with Crippen LogP contribution in [0.5, 0.6) is 0 Å². The summed E-state index contributed by atoms with van der Waals surface area (Å²) in [5.74, 6) is 0. The standard InChI is InChI=1S/C3H8N2S5Si/c4-1(6)8-3(11)10-9-2(5)7/h3H,11H3,(H2,4,6)(H2,5,7). The van der Waals surface area contributed by atoms with E-state index in [0.717, 1.165) is 10.2 Å². The Labute approximate surface area is 91.8 Å². The molecule has 0 aromatic rings. The largest absolute Gasteiger partial charge is 0.385 e. The fraction of sp³-hybridized carbons (Fsp3) is 0.333. The molecule has 8 heteroatoms. The van der Waals surface area contributed by atoms with Crippen molar-refractivity contribution in [2.75, 3.05) is 0 Å². The summed E-state index contributed by atoms with van der Waals surface area (Å²) in [5, 5.41) is 0. The maximum absolute atomic E-state index is 5.33. The average molecular weight is 261 g/mol. The van der Waals surface area contributed by atoms with Gasteiger partial charge in [-0.2, -0.15) is 0 Å². The highest BCUT2D eigenvalue weighted by molar-refractivity contribution is 8.85. The molecule has 0 radical (unpaired) electrons. The molecule has 0 aliphatic heterocycles. The summed E-state index contributed by atoms with van der Waals surface area (Å²) in [6, 6.07) is 0. The maximum Gasteiger partial charge on any atom is 0.141 e. The van der Waals surface area contributed by atoms with Gasteiger partial charge in [-0.05, 0) is 10.8 Å². The number of nitrogens with two attached hydrogens (primary N) is 2. The monoisotopic (exact) mass is 260 g/mol. The smallest absolute Gasteiger partial charge is 0.141 e. The number of rotatable bonds is 3. The zero-order valence-electron chi connectivity index (χ0n) is 5.77. The number of thiocarbonyl (C=S) groups is 2. The van der Waals surface area contributed by atoms with Gasteiger partial charge in [0.2, 0.25) is 0 Å². The zero-order chi connectivity index (χ0) is 8.85. The summed E-state index contributed by atoms with van der Waals surface area (Å²) < 4.78 is 1.37. The summed E-state index contributed by atoms with van der Waals surface area (Å²) >= 11 is 10.9. The zero-order valence-corrected chi connectivity index (χ0v) is 11.9. The van der Waals surface area contributed by atoms with Crippen molar-refractivity contribution in [3.8, 4) is 0 Å². The molecule has 0 amide bonds. The van der Waals surface area contributed by atoms with Gasteiger partial charge >= 0.3 is 0 Å². The summed E-state index contributed by atoms with van der Waals surface area (Å²) in [4.78, 5) is 0. The molecule has 0 aromatic heterocycles. The van der Waals surface area contributed by atoms with Gasteiger partial charge in [-0.15, -0.1) is 0 Å². The number of thioether (sulfide) groups is 1. The molecule has 0 rings (SSSR count). The van der Waals surface area contributed by atoms with Crippen molar-refractivity contribution in [2.24, 2.45) is 11.5 Å². The third-order valence-corrected chi connectivity index (χ3v) is 7.57. The lowest BCUT2D eigenvalue weighted by atomic mass is 11.5.